The molecule has 1 aromatic heterocycles. The number of piperidine rings is 1. The fourth-order valence-corrected chi connectivity index (χ4v) is 3.59. The number of ether oxygens (including phenoxy) is 2. The van der Waals surface area contributed by atoms with E-state index in [4.69, 9.17) is 9.47 Å². The number of carbonyl (C=O) groups excluding carboxylic acids is 1. The average molecular weight is 304 g/mol. The van der Waals surface area contributed by atoms with Crippen LogP contribution in [-0.2, 0) is 9.53 Å². The standard InChI is InChI=1S/C17H24N2O3/c1-2-16(20)19-10-7-14-17(12-19,8-5-11-21-14)13-22-15-6-3-4-9-18-15/h3-4,6,9,14H,2,5,7-8,10-13H2,1H3/t14-,17+/m0/s1. The highest BCUT2D eigenvalue weighted by atomic mass is 16.5. The number of hydrogen-bond donors (Lipinski definition) is 0. The van der Waals surface area contributed by atoms with Crippen LogP contribution in [0.4, 0.5) is 0 Å². The summed E-state index contributed by atoms with van der Waals surface area (Å²) < 4.78 is 11.9. The molecule has 2 saturated heterocycles. The minimum Gasteiger partial charge on any atom is -0.477 e. The predicted molar refractivity (Wildman–Crippen MR) is 82.6 cm³/mol. The lowest BCUT2D eigenvalue weighted by Crippen LogP contribution is -2.58. The molecule has 0 radical (unpaired) electrons. The van der Waals surface area contributed by atoms with E-state index >= 15 is 0 Å². The lowest BCUT2D eigenvalue weighted by Gasteiger charge is -2.50. The summed E-state index contributed by atoms with van der Waals surface area (Å²) in [5.74, 6) is 0.862. The summed E-state index contributed by atoms with van der Waals surface area (Å²) in [6.45, 7) is 4.82. The molecule has 3 heterocycles. The van der Waals surface area contributed by atoms with Crippen LogP contribution < -0.4 is 4.74 Å². The van der Waals surface area contributed by atoms with Crippen LogP contribution in [0, 0.1) is 5.41 Å². The maximum absolute atomic E-state index is 12.1. The van der Waals surface area contributed by atoms with Crippen LogP contribution in [0.5, 0.6) is 5.88 Å². The number of rotatable bonds is 4. The fraction of sp³-hybridized carbons (Fsp3) is 0.647. The lowest BCUT2D eigenvalue weighted by atomic mass is 9.73. The first kappa shape index (κ1) is 15.3. The molecule has 0 unspecified atom stereocenters. The molecule has 2 atom stereocenters. The summed E-state index contributed by atoms with van der Waals surface area (Å²) in [5.41, 5.74) is -0.0984. The van der Waals surface area contributed by atoms with Crippen molar-refractivity contribution in [3.05, 3.63) is 24.4 Å². The van der Waals surface area contributed by atoms with Crippen LogP contribution in [0.15, 0.2) is 24.4 Å². The van der Waals surface area contributed by atoms with Crippen molar-refractivity contribution in [2.75, 3.05) is 26.3 Å². The van der Waals surface area contributed by atoms with Gasteiger partial charge in [0.05, 0.1) is 12.7 Å². The minimum absolute atomic E-state index is 0.0984. The first-order valence-electron chi connectivity index (χ1n) is 8.17. The molecule has 22 heavy (non-hydrogen) atoms. The Bertz CT molecular complexity index is 508. The molecule has 5 nitrogen and oxygen atoms in total. The highest BCUT2D eigenvalue weighted by molar-refractivity contribution is 5.76. The molecule has 3 rings (SSSR count). The number of nitrogens with zero attached hydrogens (tertiary/aromatic N) is 2. The number of aromatic nitrogens is 1. The Morgan fingerprint density at radius 1 is 1.55 bits per heavy atom. The van der Waals surface area contributed by atoms with E-state index in [0.717, 1.165) is 39.0 Å². The molecule has 0 N–H and O–H groups in total. The zero-order valence-corrected chi connectivity index (χ0v) is 13.2. The second-order valence-electron chi connectivity index (χ2n) is 6.24. The summed E-state index contributed by atoms with van der Waals surface area (Å²) in [7, 11) is 0. The molecular weight excluding hydrogens is 280 g/mol. The molecule has 0 spiro atoms. The number of fused-ring (bicyclic) bond motifs is 1. The smallest absolute Gasteiger partial charge is 0.222 e. The second-order valence-corrected chi connectivity index (χ2v) is 6.24. The van der Waals surface area contributed by atoms with Crippen molar-refractivity contribution < 1.29 is 14.3 Å². The summed E-state index contributed by atoms with van der Waals surface area (Å²) in [4.78, 5) is 18.3. The van der Waals surface area contributed by atoms with Gasteiger partial charge in [0.15, 0.2) is 0 Å². The van der Waals surface area contributed by atoms with E-state index in [2.05, 4.69) is 4.98 Å². The molecular formula is C17H24N2O3. The van der Waals surface area contributed by atoms with Crippen molar-refractivity contribution >= 4 is 5.91 Å². The quantitative estimate of drug-likeness (QED) is 0.856. The Kier molecular flexibility index (Phi) is 4.62. The van der Waals surface area contributed by atoms with Gasteiger partial charge >= 0.3 is 0 Å². The minimum atomic E-state index is -0.0984. The zero-order valence-electron chi connectivity index (χ0n) is 13.2. The van der Waals surface area contributed by atoms with Crippen molar-refractivity contribution in [1.82, 2.24) is 9.88 Å². The Balaban J connectivity index is 1.73. The largest absolute Gasteiger partial charge is 0.477 e. The van der Waals surface area contributed by atoms with Gasteiger partial charge in [0.25, 0.3) is 0 Å². The van der Waals surface area contributed by atoms with Crippen LogP contribution in [-0.4, -0.2) is 48.2 Å². The molecule has 2 fully saturated rings. The number of likely N-dealkylation sites (tertiary alicyclic amines) is 1. The fourth-order valence-electron chi connectivity index (χ4n) is 3.59. The highest BCUT2D eigenvalue weighted by Crippen LogP contribution is 2.40. The van der Waals surface area contributed by atoms with Crippen molar-refractivity contribution in [3.8, 4) is 5.88 Å². The van der Waals surface area contributed by atoms with Gasteiger partial charge in [-0.2, -0.15) is 0 Å². The van der Waals surface area contributed by atoms with Gasteiger partial charge in [-0.1, -0.05) is 13.0 Å². The third kappa shape index (κ3) is 3.09. The SMILES string of the molecule is CCC(=O)N1CC[C@@H]2OCCC[C@]2(COc2ccccn2)C1. The Morgan fingerprint density at radius 3 is 3.23 bits per heavy atom. The van der Waals surface area contributed by atoms with E-state index in [1.54, 1.807) is 6.20 Å². The maximum Gasteiger partial charge on any atom is 0.222 e. The summed E-state index contributed by atoms with van der Waals surface area (Å²) in [5, 5.41) is 0. The molecule has 0 saturated carbocycles. The third-order valence-electron chi connectivity index (χ3n) is 4.79. The van der Waals surface area contributed by atoms with Crippen LogP contribution in [0.3, 0.4) is 0 Å². The van der Waals surface area contributed by atoms with E-state index in [-0.39, 0.29) is 17.4 Å². The average Bonchev–Trinajstić information content (AvgIpc) is 2.59. The predicted octanol–water partition coefficient (Wildman–Crippen LogP) is 2.27. The summed E-state index contributed by atoms with van der Waals surface area (Å²) in [6, 6.07) is 5.66. The molecule has 1 aromatic rings. The maximum atomic E-state index is 12.1. The third-order valence-corrected chi connectivity index (χ3v) is 4.79. The van der Waals surface area contributed by atoms with Crippen LogP contribution in [0.2, 0.25) is 0 Å². The van der Waals surface area contributed by atoms with E-state index < -0.39 is 0 Å². The van der Waals surface area contributed by atoms with Crippen LogP contribution in [0.1, 0.15) is 32.6 Å². The van der Waals surface area contributed by atoms with E-state index in [1.807, 2.05) is 30.0 Å². The Labute approximate surface area is 131 Å². The van der Waals surface area contributed by atoms with Gasteiger partial charge in [-0.3, -0.25) is 4.79 Å². The van der Waals surface area contributed by atoms with Crippen molar-refractivity contribution in [1.29, 1.82) is 0 Å². The first-order valence-corrected chi connectivity index (χ1v) is 8.17. The van der Waals surface area contributed by atoms with E-state index in [9.17, 15) is 4.79 Å². The van der Waals surface area contributed by atoms with Crippen LogP contribution >= 0.6 is 0 Å². The molecule has 0 bridgehead atoms. The Hall–Kier alpha value is -1.62. The summed E-state index contributed by atoms with van der Waals surface area (Å²) in [6.07, 6.45) is 5.44. The van der Waals surface area contributed by atoms with Gasteiger partial charge in [0.2, 0.25) is 11.8 Å². The zero-order chi connectivity index (χ0) is 15.4. The monoisotopic (exact) mass is 304 g/mol. The molecule has 0 aliphatic carbocycles. The van der Waals surface area contributed by atoms with E-state index in [0.29, 0.717) is 18.9 Å². The van der Waals surface area contributed by atoms with Gasteiger partial charge < -0.3 is 14.4 Å². The van der Waals surface area contributed by atoms with Gasteiger partial charge in [0.1, 0.15) is 0 Å². The van der Waals surface area contributed by atoms with Crippen molar-refractivity contribution in [3.63, 3.8) is 0 Å². The molecule has 120 valence electrons. The number of carbonyl (C=O) groups is 1. The number of pyridine rings is 1. The van der Waals surface area contributed by atoms with Gasteiger partial charge in [0, 0.05) is 43.8 Å². The molecule has 2 aliphatic rings. The lowest BCUT2D eigenvalue weighted by molar-refractivity contribution is -0.157. The second kappa shape index (κ2) is 6.65. The topological polar surface area (TPSA) is 51.7 Å². The number of amides is 1. The first-order chi connectivity index (χ1) is 10.7. The Morgan fingerprint density at radius 2 is 2.45 bits per heavy atom. The van der Waals surface area contributed by atoms with Gasteiger partial charge in [-0.05, 0) is 25.3 Å². The highest BCUT2D eigenvalue weighted by Gasteiger charge is 2.47. The normalized spacial score (nSPS) is 28.0. The molecule has 2 aliphatic heterocycles. The molecule has 0 aromatic carbocycles. The van der Waals surface area contributed by atoms with Crippen molar-refractivity contribution in [2.45, 2.75) is 38.7 Å². The van der Waals surface area contributed by atoms with Gasteiger partial charge in [-0.15, -0.1) is 0 Å². The number of hydrogen-bond acceptors (Lipinski definition) is 4. The molecule has 5 heteroatoms. The van der Waals surface area contributed by atoms with E-state index in [1.165, 1.54) is 0 Å². The van der Waals surface area contributed by atoms with Gasteiger partial charge in [-0.25, -0.2) is 4.98 Å². The summed E-state index contributed by atoms with van der Waals surface area (Å²) >= 11 is 0. The van der Waals surface area contributed by atoms with Crippen molar-refractivity contribution in [2.24, 2.45) is 5.41 Å². The van der Waals surface area contributed by atoms with Crippen LogP contribution in [0.25, 0.3) is 0 Å². The molecule has 1 amide bonds.